The molecule has 3 rings (SSSR count). The predicted octanol–water partition coefficient (Wildman–Crippen LogP) is 1.83. The first kappa shape index (κ1) is 13.0. The molecular formula is C15H24N4. The van der Waals surface area contributed by atoms with Gasteiger partial charge in [0.1, 0.15) is 5.82 Å². The van der Waals surface area contributed by atoms with Gasteiger partial charge in [-0.2, -0.15) is 0 Å². The fraction of sp³-hybridized carbons (Fsp3) is 0.733. The number of hydrogen-bond donors (Lipinski definition) is 1. The Bertz CT molecular complexity index is 375. The molecule has 0 aromatic carbocycles. The second-order valence-electron chi connectivity index (χ2n) is 5.86. The molecule has 4 heteroatoms. The Morgan fingerprint density at radius 3 is 2.74 bits per heavy atom. The molecule has 1 unspecified atom stereocenters. The molecule has 1 aliphatic heterocycles. The van der Waals surface area contributed by atoms with Gasteiger partial charge in [-0.05, 0) is 24.8 Å². The topological polar surface area (TPSA) is 41.1 Å². The smallest absolute Gasteiger partial charge is 0.142 e. The van der Waals surface area contributed by atoms with E-state index >= 15 is 0 Å². The molecule has 1 aromatic rings. The van der Waals surface area contributed by atoms with Gasteiger partial charge in [-0.3, -0.25) is 4.90 Å². The van der Waals surface area contributed by atoms with E-state index in [4.69, 9.17) is 0 Å². The first-order valence-electron chi connectivity index (χ1n) is 7.63. The first-order valence-corrected chi connectivity index (χ1v) is 7.63. The zero-order chi connectivity index (χ0) is 12.9. The summed E-state index contributed by atoms with van der Waals surface area (Å²) in [6.45, 7) is 4.27. The normalized spacial score (nSPS) is 26.4. The highest BCUT2D eigenvalue weighted by atomic mass is 15.2. The van der Waals surface area contributed by atoms with E-state index in [2.05, 4.69) is 20.2 Å². The van der Waals surface area contributed by atoms with Crippen LogP contribution in [0.25, 0.3) is 0 Å². The van der Waals surface area contributed by atoms with E-state index in [-0.39, 0.29) is 0 Å². The van der Waals surface area contributed by atoms with Crippen molar-refractivity contribution in [2.45, 2.75) is 44.7 Å². The highest BCUT2D eigenvalue weighted by molar-refractivity contribution is 4.91. The van der Waals surface area contributed by atoms with Crippen LogP contribution in [0.15, 0.2) is 18.5 Å². The van der Waals surface area contributed by atoms with E-state index in [0.717, 1.165) is 37.9 Å². The number of rotatable bonds is 3. The number of nitrogens with one attached hydrogen (secondary N) is 1. The quantitative estimate of drug-likeness (QED) is 0.900. The highest BCUT2D eigenvalue weighted by Gasteiger charge is 2.28. The second-order valence-corrected chi connectivity index (χ2v) is 5.86. The van der Waals surface area contributed by atoms with Gasteiger partial charge < -0.3 is 5.32 Å². The van der Waals surface area contributed by atoms with Crippen molar-refractivity contribution in [3.05, 3.63) is 24.3 Å². The summed E-state index contributed by atoms with van der Waals surface area (Å²) in [5.41, 5.74) is 0. The van der Waals surface area contributed by atoms with E-state index in [1.165, 1.54) is 32.1 Å². The van der Waals surface area contributed by atoms with Crippen molar-refractivity contribution < 1.29 is 0 Å². The Labute approximate surface area is 115 Å². The average molecular weight is 260 g/mol. The SMILES string of the molecule is c1cnc(CN2CCNC(C3CCCCC3)C2)nc1. The second kappa shape index (κ2) is 6.44. The molecule has 1 aromatic heterocycles. The van der Waals surface area contributed by atoms with Crippen molar-refractivity contribution in [1.82, 2.24) is 20.2 Å². The first-order chi connectivity index (χ1) is 9.42. The van der Waals surface area contributed by atoms with Crippen LogP contribution in [-0.2, 0) is 6.54 Å². The Hall–Kier alpha value is -1.00. The maximum Gasteiger partial charge on any atom is 0.142 e. The van der Waals surface area contributed by atoms with Gasteiger partial charge in [-0.1, -0.05) is 19.3 Å². The molecule has 0 bridgehead atoms. The summed E-state index contributed by atoms with van der Waals surface area (Å²) in [6, 6.07) is 2.56. The lowest BCUT2D eigenvalue weighted by molar-refractivity contribution is 0.138. The van der Waals surface area contributed by atoms with E-state index in [9.17, 15) is 0 Å². The van der Waals surface area contributed by atoms with Gasteiger partial charge in [0, 0.05) is 38.1 Å². The molecule has 0 radical (unpaired) electrons. The van der Waals surface area contributed by atoms with E-state index < -0.39 is 0 Å². The van der Waals surface area contributed by atoms with Crippen LogP contribution >= 0.6 is 0 Å². The molecule has 4 nitrogen and oxygen atoms in total. The molecule has 104 valence electrons. The Morgan fingerprint density at radius 2 is 1.95 bits per heavy atom. The molecule has 0 spiro atoms. The lowest BCUT2D eigenvalue weighted by Crippen LogP contribution is -2.53. The minimum absolute atomic E-state index is 0.678. The lowest BCUT2D eigenvalue weighted by atomic mass is 9.83. The van der Waals surface area contributed by atoms with E-state index in [0.29, 0.717) is 6.04 Å². The Kier molecular flexibility index (Phi) is 4.41. The molecule has 2 aliphatic rings. The maximum absolute atomic E-state index is 4.34. The summed E-state index contributed by atoms with van der Waals surface area (Å²) in [7, 11) is 0. The number of nitrogens with zero attached hydrogens (tertiary/aromatic N) is 3. The van der Waals surface area contributed by atoms with E-state index in [1.807, 2.05) is 18.5 Å². The average Bonchev–Trinajstić information content (AvgIpc) is 2.49. The number of piperazine rings is 1. The molecular weight excluding hydrogens is 236 g/mol. The van der Waals surface area contributed by atoms with Gasteiger partial charge in [0.05, 0.1) is 6.54 Å². The van der Waals surface area contributed by atoms with Gasteiger partial charge in [0.15, 0.2) is 0 Å². The molecule has 1 aliphatic carbocycles. The third-order valence-electron chi connectivity index (χ3n) is 4.49. The maximum atomic E-state index is 4.34. The molecule has 1 N–H and O–H groups in total. The summed E-state index contributed by atoms with van der Waals surface area (Å²) >= 11 is 0. The molecule has 1 saturated heterocycles. The standard InChI is InChI=1S/C15H24N4/c1-2-5-13(6-3-1)14-11-19(10-9-16-14)12-15-17-7-4-8-18-15/h4,7-8,13-14,16H,1-3,5-6,9-12H2. The van der Waals surface area contributed by atoms with Crippen LogP contribution < -0.4 is 5.32 Å². The summed E-state index contributed by atoms with van der Waals surface area (Å²) in [5.74, 6) is 1.83. The van der Waals surface area contributed by atoms with Crippen LogP contribution in [0.4, 0.5) is 0 Å². The third kappa shape index (κ3) is 3.51. The number of hydrogen-bond acceptors (Lipinski definition) is 4. The summed E-state index contributed by atoms with van der Waals surface area (Å²) in [4.78, 5) is 11.2. The van der Waals surface area contributed by atoms with Crippen LogP contribution in [0.2, 0.25) is 0 Å². The van der Waals surface area contributed by atoms with Crippen molar-refractivity contribution in [2.75, 3.05) is 19.6 Å². The van der Waals surface area contributed by atoms with Gasteiger partial charge in [-0.25, -0.2) is 9.97 Å². The monoisotopic (exact) mass is 260 g/mol. The van der Waals surface area contributed by atoms with Crippen LogP contribution in [0.3, 0.4) is 0 Å². The van der Waals surface area contributed by atoms with Crippen molar-refractivity contribution in [1.29, 1.82) is 0 Å². The highest BCUT2D eigenvalue weighted by Crippen LogP contribution is 2.27. The Morgan fingerprint density at radius 1 is 1.16 bits per heavy atom. The van der Waals surface area contributed by atoms with Gasteiger partial charge in [-0.15, -0.1) is 0 Å². The van der Waals surface area contributed by atoms with Crippen molar-refractivity contribution in [2.24, 2.45) is 5.92 Å². The van der Waals surface area contributed by atoms with Crippen molar-refractivity contribution in [3.8, 4) is 0 Å². The fourth-order valence-electron chi connectivity index (χ4n) is 3.45. The van der Waals surface area contributed by atoms with Crippen LogP contribution in [0, 0.1) is 5.92 Å². The van der Waals surface area contributed by atoms with Crippen molar-refractivity contribution in [3.63, 3.8) is 0 Å². The predicted molar refractivity (Wildman–Crippen MR) is 75.7 cm³/mol. The molecule has 1 saturated carbocycles. The molecule has 0 amide bonds. The van der Waals surface area contributed by atoms with E-state index in [1.54, 1.807) is 0 Å². The zero-order valence-electron chi connectivity index (χ0n) is 11.6. The van der Waals surface area contributed by atoms with Gasteiger partial charge in [0.25, 0.3) is 0 Å². The van der Waals surface area contributed by atoms with Crippen molar-refractivity contribution >= 4 is 0 Å². The van der Waals surface area contributed by atoms with Crippen LogP contribution in [0.1, 0.15) is 37.9 Å². The minimum Gasteiger partial charge on any atom is -0.311 e. The summed E-state index contributed by atoms with van der Waals surface area (Å²) in [6.07, 6.45) is 10.8. The molecule has 19 heavy (non-hydrogen) atoms. The third-order valence-corrected chi connectivity index (χ3v) is 4.49. The zero-order valence-corrected chi connectivity index (χ0v) is 11.6. The fourth-order valence-corrected chi connectivity index (χ4v) is 3.45. The lowest BCUT2D eigenvalue weighted by Gasteiger charge is -2.39. The van der Waals surface area contributed by atoms with Crippen LogP contribution in [-0.4, -0.2) is 40.5 Å². The van der Waals surface area contributed by atoms with Gasteiger partial charge in [0.2, 0.25) is 0 Å². The number of aromatic nitrogens is 2. The minimum atomic E-state index is 0.678. The molecule has 1 atom stereocenters. The largest absolute Gasteiger partial charge is 0.311 e. The molecule has 2 fully saturated rings. The Balaban J connectivity index is 1.55. The van der Waals surface area contributed by atoms with Gasteiger partial charge >= 0.3 is 0 Å². The summed E-state index contributed by atoms with van der Waals surface area (Å²) in [5, 5.41) is 3.72. The summed E-state index contributed by atoms with van der Waals surface area (Å²) < 4.78 is 0. The molecule has 2 heterocycles. The van der Waals surface area contributed by atoms with Crippen LogP contribution in [0.5, 0.6) is 0 Å².